The summed E-state index contributed by atoms with van der Waals surface area (Å²) in [4.78, 5) is 14.8. The van der Waals surface area contributed by atoms with E-state index in [9.17, 15) is 4.79 Å². The molecule has 2 rings (SSSR count). The second-order valence-corrected chi connectivity index (χ2v) is 4.02. The third kappa shape index (κ3) is 3.18. The number of carboxylic acid groups (broad SMARTS) is 1. The van der Waals surface area contributed by atoms with Gasteiger partial charge in [0.05, 0.1) is 12.1 Å². The van der Waals surface area contributed by atoms with Crippen molar-refractivity contribution in [2.75, 3.05) is 0 Å². The number of rotatable bonds is 5. The molecule has 0 atom stereocenters. The molecule has 0 bridgehead atoms. The molecule has 94 valence electrons. The Bertz CT molecular complexity index is 531. The molecule has 0 amide bonds. The Kier molecular flexibility index (Phi) is 3.74. The normalized spacial score (nSPS) is 10.5. The van der Waals surface area contributed by atoms with Gasteiger partial charge in [0.1, 0.15) is 12.0 Å². The van der Waals surface area contributed by atoms with Gasteiger partial charge >= 0.3 is 5.97 Å². The van der Waals surface area contributed by atoms with Gasteiger partial charge in [0.15, 0.2) is 0 Å². The zero-order valence-electron chi connectivity index (χ0n) is 10.0. The van der Waals surface area contributed by atoms with Crippen LogP contribution in [0.1, 0.15) is 27.4 Å². The van der Waals surface area contributed by atoms with E-state index in [1.165, 1.54) is 12.3 Å². The standard InChI is InChI=1S/C13H14N2O3/c1-9-2-3-10(6-15-9)5-14-7-12-4-11(8-18-12)13(16)17/h2-4,6,8,14H,5,7H2,1H3,(H,16,17). The minimum Gasteiger partial charge on any atom is -0.478 e. The zero-order valence-corrected chi connectivity index (χ0v) is 10.0. The highest BCUT2D eigenvalue weighted by molar-refractivity contribution is 5.87. The molecule has 2 heterocycles. The van der Waals surface area contributed by atoms with Crippen LogP contribution in [0.3, 0.4) is 0 Å². The summed E-state index contributed by atoms with van der Waals surface area (Å²) in [6, 6.07) is 5.47. The molecule has 0 unspecified atom stereocenters. The number of nitrogens with one attached hydrogen (secondary N) is 1. The lowest BCUT2D eigenvalue weighted by Crippen LogP contribution is -2.12. The summed E-state index contributed by atoms with van der Waals surface area (Å²) in [5, 5.41) is 11.9. The maximum Gasteiger partial charge on any atom is 0.338 e. The second-order valence-electron chi connectivity index (χ2n) is 4.02. The minimum atomic E-state index is -0.979. The third-order valence-electron chi connectivity index (χ3n) is 2.50. The van der Waals surface area contributed by atoms with Crippen molar-refractivity contribution in [3.63, 3.8) is 0 Å². The number of aromatic nitrogens is 1. The molecule has 2 aromatic rings. The highest BCUT2D eigenvalue weighted by Gasteiger charge is 2.07. The number of nitrogens with zero attached hydrogens (tertiary/aromatic N) is 1. The molecule has 2 aromatic heterocycles. The molecule has 0 fully saturated rings. The van der Waals surface area contributed by atoms with E-state index in [0.717, 1.165) is 11.3 Å². The summed E-state index contributed by atoms with van der Waals surface area (Å²) in [6.07, 6.45) is 3.06. The maximum atomic E-state index is 10.7. The lowest BCUT2D eigenvalue weighted by molar-refractivity contribution is 0.0696. The molecule has 0 aromatic carbocycles. The van der Waals surface area contributed by atoms with E-state index in [1.54, 1.807) is 0 Å². The van der Waals surface area contributed by atoms with Crippen LogP contribution in [0.2, 0.25) is 0 Å². The molecular weight excluding hydrogens is 232 g/mol. The van der Waals surface area contributed by atoms with E-state index in [2.05, 4.69) is 10.3 Å². The summed E-state index contributed by atoms with van der Waals surface area (Å²) < 4.78 is 5.12. The second kappa shape index (κ2) is 5.46. The van der Waals surface area contributed by atoms with Crippen LogP contribution in [-0.4, -0.2) is 16.1 Å². The van der Waals surface area contributed by atoms with Gasteiger partial charge in [-0.1, -0.05) is 6.07 Å². The van der Waals surface area contributed by atoms with E-state index in [-0.39, 0.29) is 5.56 Å². The Morgan fingerprint density at radius 2 is 2.28 bits per heavy atom. The highest BCUT2D eigenvalue weighted by Crippen LogP contribution is 2.07. The largest absolute Gasteiger partial charge is 0.478 e. The van der Waals surface area contributed by atoms with Gasteiger partial charge in [0, 0.05) is 18.4 Å². The summed E-state index contributed by atoms with van der Waals surface area (Å²) in [6.45, 7) is 3.09. The molecule has 0 spiro atoms. The van der Waals surface area contributed by atoms with Crippen molar-refractivity contribution >= 4 is 5.97 Å². The number of carboxylic acids is 1. The molecule has 0 aliphatic carbocycles. The van der Waals surface area contributed by atoms with Crippen molar-refractivity contribution in [3.05, 3.63) is 53.2 Å². The minimum absolute atomic E-state index is 0.170. The Hall–Kier alpha value is -2.14. The highest BCUT2D eigenvalue weighted by atomic mass is 16.4. The molecule has 0 saturated heterocycles. The van der Waals surface area contributed by atoms with Crippen molar-refractivity contribution in [2.24, 2.45) is 0 Å². The first-order valence-electron chi connectivity index (χ1n) is 5.58. The monoisotopic (exact) mass is 246 g/mol. The fraction of sp³-hybridized carbons (Fsp3) is 0.231. The molecule has 2 N–H and O–H groups in total. The topological polar surface area (TPSA) is 75.4 Å². The smallest absolute Gasteiger partial charge is 0.338 e. The van der Waals surface area contributed by atoms with Crippen LogP contribution in [0.25, 0.3) is 0 Å². The van der Waals surface area contributed by atoms with Gasteiger partial charge in [0.25, 0.3) is 0 Å². The lowest BCUT2D eigenvalue weighted by atomic mass is 10.2. The molecule has 0 radical (unpaired) electrons. The fourth-order valence-electron chi connectivity index (χ4n) is 1.52. The van der Waals surface area contributed by atoms with Gasteiger partial charge < -0.3 is 14.8 Å². The third-order valence-corrected chi connectivity index (χ3v) is 2.50. The number of pyridine rings is 1. The number of hydrogen-bond acceptors (Lipinski definition) is 4. The van der Waals surface area contributed by atoms with Gasteiger partial charge in [-0.05, 0) is 24.6 Å². The first-order valence-corrected chi connectivity index (χ1v) is 5.58. The average Bonchev–Trinajstić information content (AvgIpc) is 2.81. The van der Waals surface area contributed by atoms with Gasteiger partial charge in [-0.25, -0.2) is 4.79 Å². The number of carbonyl (C=O) groups is 1. The van der Waals surface area contributed by atoms with Gasteiger partial charge in [-0.2, -0.15) is 0 Å². The van der Waals surface area contributed by atoms with Crippen LogP contribution in [0.5, 0.6) is 0 Å². The molecule has 0 aliphatic rings. The summed E-state index contributed by atoms with van der Waals surface area (Å²) in [5.74, 6) is -0.375. The van der Waals surface area contributed by atoms with Crippen molar-refractivity contribution in [3.8, 4) is 0 Å². The van der Waals surface area contributed by atoms with Crippen LogP contribution < -0.4 is 5.32 Å². The maximum absolute atomic E-state index is 10.7. The van der Waals surface area contributed by atoms with E-state index in [0.29, 0.717) is 18.8 Å². The van der Waals surface area contributed by atoms with Crippen molar-refractivity contribution in [1.82, 2.24) is 10.3 Å². The Morgan fingerprint density at radius 3 is 2.89 bits per heavy atom. The fourth-order valence-corrected chi connectivity index (χ4v) is 1.52. The average molecular weight is 246 g/mol. The number of aryl methyl sites for hydroxylation is 1. The molecule has 0 aliphatic heterocycles. The molecule has 0 saturated carbocycles. The zero-order chi connectivity index (χ0) is 13.0. The van der Waals surface area contributed by atoms with E-state index < -0.39 is 5.97 Å². The Balaban J connectivity index is 1.84. The Labute approximate surface area is 104 Å². The molecule has 5 nitrogen and oxygen atoms in total. The summed E-state index contributed by atoms with van der Waals surface area (Å²) >= 11 is 0. The van der Waals surface area contributed by atoms with Crippen molar-refractivity contribution < 1.29 is 14.3 Å². The van der Waals surface area contributed by atoms with Gasteiger partial charge in [0.2, 0.25) is 0 Å². The number of hydrogen-bond donors (Lipinski definition) is 2. The SMILES string of the molecule is Cc1ccc(CNCc2cc(C(=O)O)co2)cn1. The predicted molar refractivity (Wildman–Crippen MR) is 65.2 cm³/mol. The van der Waals surface area contributed by atoms with Crippen LogP contribution in [-0.2, 0) is 13.1 Å². The van der Waals surface area contributed by atoms with Crippen LogP contribution >= 0.6 is 0 Å². The Morgan fingerprint density at radius 1 is 1.44 bits per heavy atom. The summed E-state index contributed by atoms with van der Waals surface area (Å²) in [7, 11) is 0. The van der Waals surface area contributed by atoms with E-state index >= 15 is 0 Å². The van der Waals surface area contributed by atoms with Crippen LogP contribution in [0.4, 0.5) is 0 Å². The van der Waals surface area contributed by atoms with Crippen molar-refractivity contribution in [1.29, 1.82) is 0 Å². The first kappa shape index (κ1) is 12.3. The van der Waals surface area contributed by atoms with Crippen LogP contribution in [0.15, 0.2) is 35.1 Å². The quantitative estimate of drug-likeness (QED) is 0.843. The molecule has 5 heteroatoms. The van der Waals surface area contributed by atoms with Gasteiger partial charge in [-0.15, -0.1) is 0 Å². The first-order chi connectivity index (χ1) is 8.65. The van der Waals surface area contributed by atoms with Crippen LogP contribution in [0, 0.1) is 6.92 Å². The summed E-state index contributed by atoms with van der Waals surface area (Å²) in [5.41, 5.74) is 2.23. The lowest BCUT2D eigenvalue weighted by Gasteiger charge is -2.02. The van der Waals surface area contributed by atoms with E-state index in [4.69, 9.17) is 9.52 Å². The van der Waals surface area contributed by atoms with Crippen molar-refractivity contribution in [2.45, 2.75) is 20.0 Å². The van der Waals surface area contributed by atoms with E-state index in [1.807, 2.05) is 25.3 Å². The number of furan rings is 1. The predicted octanol–water partition coefficient (Wildman–Crippen LogP) is 1.97. The molecular formula is C13H14N2O3. The van der Waals surface area contributed by atoms with Gasteiger partial charge in [-0.3, -0.25) is 4.98 Å². The molecule has 18 heavy (non-hydrogen) atoms. The number of aromatic carboxylic acids is 1.